The first-order valence-corrected chi connectivity index (χ1v) is 6.34. The summed E-state index contributed by atoms with van der Waals surface area (Å²) < 4.78 is 10.5. The van der Waals surface area contributed by atoms with Crippen LogP contribution in [0.25, 0.3) is 0 Å². The number of carbonyl (C=O) groups excluding carboxylic acids is 2. The van der Waals surface area contributed by atoms with Crippen molar-refractivity contribution in [3.05, 3.63) is 29.1 Å². The first-order chi connectivity index (χ1) is 9.20. The Morgan fingerprint density at radius 1 is 1.32 bits per heavy atom. The van der Waals surface area contributed by atoms with Crippen LogP contribution in [0.4, 0.5) is 0 Å². The molecule has 0 saturated carbocycles. The van der Waals surface area contributed by atoms with Crippen LogP contribution in [0, 0.1) is 0 Å². The van der Waals surface area contributed by atoms with Gasteiger partial charge in [-0.3, -0.25) is 9.59 Å². The van der Waals surface area contributed by atoms with Crippen molar-refractivity contribution in [2.45, 2.75) is 13.3 Å². The molecule has 6 nitrogen and oxygen atoms in total. The van der Waals surface area contributed by atoms with E-state index in [1.165, 1.54) is 6.08 Å². The maximum atomic E-state index is 12.4. The van der Waals surface area contributed by atoms with E-state index < -0.39 is 0 Å². The van der Waals surface area contributed by atoms with E-state index in [0.717, 1.165) is 0 Å². The molecule has 1 saturated heterocycles. The highest BCUT2D eigenvalue weighted by Crippen LogP contribution is 2.24. The lowest BCUT2D eigenvalue weighted by atomic mass is 10.0. The number of ketones is 2. The van der Waals surface area contributed by atoms with Crippen molar-refractivity contribution in [3.8, 4) is 0 Å². The van der Waals surface area contributed by atoms with Gasteiger partial charge in [-0.05, 0) is 0 Å². The second-order valence-electron chi connectivity index (χ2n) is 4.46. The Hall–Kier alpha value is -1.95. The Bertz CT molecular complexity index is 567. The van der Waals surface area contributed by atoms with Crippen LogP contribution < -0.4 is 0 Å². The Morgan fingerprint density at radius 3 is 2.74 bits per heavy atom. The predicted octanol–water partition coefficient (Wildman–Crippen LogP) is 0.832. The first-order valence-electron chi connectivity index (χ1n) is 6.34. The molecule has 1 fully saturated rings. The average molecular weight is 262 g/mol. The SMILES string of the molecule is CCc1nc2c(o1)C(=O)C=C(N1CCOCC1)C2=O. The van der Waals surface area contributed by atoms with Gasteiger partial charge in [-0.15, -0.1) is 0 Å². The van der Waals surface area contributed by atoms with Gasteiger partial charge < -0.3 is 14.1 Å². The number of allylic oxidation sites excluding steroid dienone is 2. The van der Waals surface area contributed by atoms with Crippen molar-refractivity contribution in [1.29, 1.82) is 0 Å². The topological polar surface area (TPSA) is 72.6 Å². The molecule has 0 aromatic carbocycles. The summed E-state index contributed by atoms with van der Waals surface area (Å²) in [6.45, 7) is 4.20. The zero-order valence-electron chi connectivity index (χ0n) is 10.6. The second-order valence-corrected chi connectivity index (χ2v) is 4.46. The van der Waals surface area contributed by atoms with E-state index in [1.54, 1.807) is 0 Å². The summed E-state index contributed by atoms with van der Waals surface area (Å²) in [5.41, 5.74) is 0.544. The van der Waals surface area contributed by atoms with Crippen LogP contribution in [0.15, 0.2) is 16.2 Å². The van der Waals surface area contributed by atoms with E-state index in [9.17, 15) is 9.59 Å². The number of rotatable bonds is 2. The number of oxazole rings is 1. The summed E-state index contributed by atoms with van der Waals surface area (Å²) in [6.07, 6.45) is 1.90. The third kappa shape index (κ3) is 1.98. The Morgan fingerprint density at radius 2 is 2.05 bits per heavy atom. The minimum absolute atomic E-state index is 0.0684. The molecule has 2 aliphatic rings. The maximum Gasteiger partial charge on any atom is 0.231 e. The molecular formula is C13H14N2O4. The number of nitrogens with zero attached hydrogens (tertiary/aromatic N) is 2. The molecule has 2 heterocycles. The summed E-state index contributed by atoms with van der Waals surface area (Å²) in [7, 11) is 0. The smallest absolute Gasteiger partial charge is 0.231 e. The largest absolute Gasteiger partial charge is 0.436 e. The molecule has 19 heavy (non-hydrogen) atoms. The lowest BCUT2D eigenvalue weighted by Crippen LogP contribution is -2.39. The minimum Gasteiger partial charge on any atom is -0.436 e. The molecule has 0 amide bonds. The number of Topliss-reactive ketones (excluding diaryl/α,β-unsaturated/α-hetero) is 1. The number of aromatic nitrogens is 1. The van der Waals surface area contributed by atoms with E-state index >= 15 is 0 Å². The van der Waals surface area contributed by atoms with Gasteiger partial charge >= 0.3 is 0 Å². The highest BCUT2D eigenvalue weighted by molar-refractivity contribution is 6.22. The molecule has 0 unspecified atom stereocenters. The zero-order chi connectivity index (χ0) is 13.4. The minimum atomic E-state index is -0.289. The number of hydrogen-bond acceptors (Lipinski definition) is 6. The van der Waals surface area contributed by atoms with Gasteiger partial charge in [0.2, 0.25) is 17.3 Å². The average Bonchev–Trinajstić information content (AvgIpc) is 2.89. The van der Waals surface area contributed by atoms with Crippen molar-refractivity contribution >= 4 is 11.6 Å². The molecule has 0 atom stereocenters. The molecule has 3 rings (SSSR count). The van der Waals surface area contributed by atoms with Crippen molar-refractivity contribution in [1.82, 2.24) is 9.88 Å². The zero-order valence-corrected chi connectivity index (χ0v) is 10.6. The molecule has 0 radical (unpaired) electrons. The van der Waals surface area contributed by atoms with Gasteiger partial charge in [-0.25, -0.2) is 4.98 Å². The number of carbonyl (C=O) groups is 2. The molecule has 0 spiro atoms. The van der Waals surface area contributed by atoms with Crippen molar-refractivity contribution in [3.63, 3.8) is 0 Å². The van der Waals surface area contributed by atoms with Crippen molar-refractivity contribution < 1.29 is 18.7 Å². The number of morpholine rings is 1. The third-order valence-corrected chi connectivity index (χ3v) is 3.26. The number of fused-ring (bicyclic) bond motifs is 1. The van der Waals surface area contributed by atoms with Gasteiger partial charge in [0.15, 0.2) is 11.6 Å². The van der Waals surface area contributed by atoms with Crippen LogP contribution >= 0.6 is 0 Å². The van der Waals surface area contributed by atoms with Crippen LogP contribution in [0.3, 0.4) is 0 Å². The molecule has 1 aromatic rings. The number of ether oxygens (including phenoxy) is 1. The first kappa shape index (κ1) is 12.1. The Balaban J connectivity index is 1.96. The Kier molecular flexibility index (Phi) is 2.94. The van der Waals surface area contributed by atoms with Crippen LogP contribution in [0.5, 0.6) is 0 Å². The van der Waals surface area contributed by atoms with E-state index in [-0.39, 0.29) is 23.0 Å². The molecule has 0 N–H and O–H groups in total. The summed E-state index contributed by atoms with van der Waals surface area (Å²) >= 11 is 0. The van der Waals surface area contributed by atoms with Gasteiger partial charge in [0.25, 0.3) is 0 Å². The number of hydrogen-bond donors (Lipinski definition) is 0. The van der Waals surface area contributed by atoms with Crippen molar-refractivity contribution in [2.24, 2.45) is 0 Å². The van der Waals surface area contributed by atoms with Crippen molar-refractivity contribution in [2.75, 3.05) is 26.3 Å². The molecule has 1 aromatic heterocycles. The molecule has 1 aliphatic carbocycles. The van der Waals surface area contributed by atoms with Crippen LogP contribution in [0.2, 0.25) is 0 Å². The quantitative estimate of drug-likeness (QED) is 0.786. The summed E-state index contributed by atoms with van der Waals surface area (Å²) in [4.78, 5) is 30.3. The Labute approximate surface area is 110 Å². The monoisotopic (exact) mass is 262 g/mol. The molecule has 0 bridgehead atoms. The lowest BCUT2D eigenvalue weighted by Gasteiger charge is -2.30. The van der Waals surface area contributed by atoms with Crippen LogP contribution in [-0.4, -0.2) is 47.8 Å². The van der Waals surface area contributed by atoms with E-state index in [0.29, 0.717) is 44.3 Å². The fourth-order valence-corrected chi connectivity index (χ4v) is 2.25. The summed E-state index contributed by atoms with van der Waals surface area (Å²) in [5.74, 6) is -0.0366. The predicted molar refractivity (Wildman–Crippen MR) is 65.0 cm³/mol. The normalized spacial score (nSPS) is 19.4. The fraction of sp³-hybridized carbons (Fsp3) is 0.462. The summed E-state index contributed by atoms with van der Waals surface area (Å²) in [5, 5.41) is 0. The van der Waals surface area contributed by atoms with E-state index in [1.807, 2.05) is 11.8 Å². The molecular weight excluding hydrogens is 248 g/mol. The fourth-order valence-electron chi connectivity index (χ4n) is 2.25. The third-order valence-electron chi connectivity index (χ3n) is 3.26. The van der Waals surface area contributed by atoms with E-state index in [4.69, 9.17) is 9.15 Å². The van der Waals surface area contributed by atoms with E-state index in [2.05, 4.69) is 4.98 Å². The molecule has 100 valence electrons. The van der Waals surface area contributed by atoms with Crippen LogP contribution in [-0.2, 0) is 11.2 Å². The van der Waals surface area contributed by atoms with Gasteiger partial charge in [0, 0.05) is 25.6 Å². The van der Waals surface area contributed by atoms with Gasteiger partial charge in [-0.2, -0.15) is 0 Å². The molecule has 6 heteroatoms. The van der Waals surface area contributed by atoms with Gasteiger partial charge in [-0.1, -0.05) is 6.92 Å². The van der Waals surface area contributed by atoms with Gasteiger partial charge in [0.05, 0.1) is 18.9 Å². The highest BCUT2D eigenvalue weighted by Gasteiger charge is 2.34. The maximum absolute atomic E-state index is 12.4. The lowest BCUT2D eigenvalue weighted by molar-refractivity contribution is 0.0499. The standard InChI is InChI=1S/C13H14N2O4/c1-2-10-14-11-12(17)8(7-9(16)13(11)19-10)15-3-5-18-6-4-15/h7H,2-6H2,1H3. The highest BCUT2D eigenvalue weighted by atomic mass is 16.5. The van der Waals surface area contributed by atoms with Crippen LogP contribution in [0.1, 0.15) is 33.9 Å². The second kappa shape index (κ2) is 4.62. The summed E-state index contributed by atoms with van der Waals surface area (Å²) in [6, 6.07) is 0. The van der Waals surface area contributed by atoms with Gasteiger partial charge in [0.1, 0.15) is 0 Å². The molecule has 1 aliphatic heterocycles. The number of aryl methyl sites for hydroxylation is 1.